The van der Waals surface area contributed by atoms with Crippen LogP contribution in [0.1, 0.15) is 22.8 Å². The van der Waals surface area contributed by atoms with Gasteiger partial charge in [-0.2, -0.15) is 0 Å². The number of nitrogens with two attached hydrogens (primary N) is 1. The van der Waals surface area contributed by atoms with Crippen LogP contribution in [0.5, 0.6) is 0 Å². The molecule has 1 aromatic rings. The van der Waals surface area contributed by atoms with E-state index >= 15 is 0 Å². The van der Waals surface area contributed by atoms with Gasteiger partial charge in [-0.1, -0.05) is 29.8 Å². The van der Waals surface area contributed by atoms with E-state index < -0.39 is 11.9 Å². The summed E-state index contributed by atoms with van der Waals surface area (Å²) in [6, 6.07) is 4.54. The van der Waals surface area contributed by atoms with Gasteiger partial charge in [0.1, 0.15) is 0 Å². The second kappa shape index (κ2) is 6.45. The Morgan fingerprint density at radius 2 is 2.25 bits per heavy atom. The molecule has 0 radical (unpaired) electrons. The van der Waals surface area contributed by atoms with E-state index in [-0.39, 0.29) is 16.5 Å². The normalized spacial score (nSPS) is 19.5. The molecular formula is C18H16ClN3O2. The molecule has 0 aliphatic carbocycles. The van der Waals surface area contributed by atoms with Crippen molar-refractivity contribution in [1.82, 2.24) is 4.90 Å². The molecule has 2 heterocycles. The van der Waals surface area contributed by atoms with Crippen LogP contribution in [0.25, 0.3) is 5.57 Å². The van der Waals surface area contributed by atoms with Crippen LogP contribution < -0.4 is 5.73 Å². The van der Waals surface area contributed by atoms with Gasteiger partial charge in [0.15, 0.2) is 6.04 Å². The summed E-state index contributed by atoms with van der Waals surface area (Å²) in [6.07, 6.45) is 9.07. The molecule has 0 spiro atoms. The smallest absolute Gasteiger partial charge is 0.256 e. The maximum Gasteiger partial charge on any atom is 0.256 e. The Bertz CT molecular complexity index is 837. The summed E-state index contributed by atoms with van der Waals surface area (Å²) >= 11 is 6.16. The quantitative estimate of drug-likeness (QED) is 0.854. The molecule has 1 aromatic carbocycles. The Balaban J connectivity index is 2.05. The number of amides is 2. The number of halogens is 1. The molecule has 24 heavy (non-hydrogen) atoms. The van der Waals surface area contributed by atoms with Crippen LogP contribution >= 0.6 is 11.6 Å². The van der Waals surface area contributed by atoms with E-state index in [4.69, 9.17) is 17.3 Å². The lowest BCUT2D eigenvalue weighted by Gasteiger charge is -2.29. The lowest BCUT2D eigenvalue weighted by molar-refractivity contribution is -0.128. The van der Waals surface area contributed by atoms with Gasteiger partial charge in [-0.15, -0.1) is 0 Å². The van der Waals surface area contributed by atoms with Gasteiger partial charge in [0.05, 0.1) is 10.6 Å². The number of rotatable bonds is 4. The standard InChI is InChI=1S/C18H16ClN3O2/c1-2-3-8-22-10-14(12-6-7-21-16(12)18(22)24)11-4-5-13(17(20)23)15(19)9-11/h2-7,9-10,16H,8H2,1H3,(H2,20,23)/b3-2+. The van der Waals surface area contributed by atoms with Gasteiger partial charge < -0.3 is 10.6 Å². The van der Waals surface area contributed by atoms with E-state index in [0.29, 0.717) is 6.54 Å². The Labute approximate surface area is 144 Å². The van der Waals surface area contributed by atoms with Crippen molar-refractivity contribution in [3.8, 4) is 0 Å². The van der Waals surface area contributed by atoms with Gasteiger partial charge in [0, 0.05) is 24.5 Å². The minimum Gasteiger partial charge on any atom is -0.366 e. The number of hydrogen-bond donors (Lipinski definition) is 1. The molecule has 1 unspecified atom stereocenters. The van der Waals surface area contributed by atoms with Gasteiger partial charge >= 0.3 is 0 Å². The van der Waals surface area contributed by atoms with Crippen molar-refractivity contribution in [2.45, 2.75) is 13.0 Å². The molecule has 6 heteroatoms. The fraction of sp³-hybridized carbons (Fsp3) is 0.167. The van der Waals surface area contributed by atoms with E-state index in [9.17, 15) is 9.59 Å². The van der Waals surface area contributed by atoms with Crippen LogP contribution in [0.4, 0.5) is 0 Å². The van der Waals surface area contributed by atoms with Crippen molar-refractivity contribution < 1.29 is 9.59 Å². The minimum atomic E-state index is -0.574. The number of benzene rings is 1. The van der Waals surface area contributed by atoms with Crippen molar-refractivity contribution >= 4 is 35.2 Å². The average Bonchev–Trinajstić information content (AvgIpc) is 3.04. The molecule has 122 valence electrons. The van der Waals surface area contributed by atoms with Gasteiger partial charge in [-0.25, -0.2) is 0 Å². The van der Waals surface area contributed by atoms with Crippen LogP contribution in [0.15, 0.2) is 53.2 Å². The monoisotopic (exact) mass is 341 g/mol. The molecule has 5 nitrogen and oxygen atoms in total. The van der Waals surface area contributed by atoms with E-state index in [0.717, 1.165) is 16.7 Å². The van der Waals surface area contributed by atoms with Gasteiger partial charge in [-0.3, -0.25) is 14.6 Å². The maximum absolute atomic E-state index is 12.5. The molecule has 3 rings (SSSR count). The van der Waals surface area contributed by atoms with Crippen LogP contribution in [0, 0.1) is 0 Å². The third-order valence-corrected chi connectivity index (χ3v) is 4.29. The predicted molar refractivity (Wildman–Crippen MR) is 94.8 cm³/mol. The lowest BCUT2D eigenvalue weighted by atomic mass is 9.90. The second-order valence-electron chi connectivity index (χ2n) is 5.48. The number of hydrogen-bond acceptors (Lipinski definition) is 3. The minimum absolute atomic E-state index is 0.0586. The summed E-state index contributed by atoms with van der Waals surface area (Å²) in [5, 5.41) is 0.286. The van der Waals surface area contributed by atoms with Crippen LogP contribution in [0.3, 0.4) is 0 Å². The topological polar surface area (TPSA) is 75.8 Å². The van der Waals surface area contributed by atoms with Gasteiger partial charge in [0.2, 0.25) is 5.91 Å². The van der Waals surface area contributed by atoms with Crippen molar-refractivity contribution in [3.63, 3.8) is 0 Å². The zero-order valence-corrected chi connectivity index (χ0v) is 13.8. The molecule has 2 N–H and O–H groups in total. The molecule has 2 aliphatic heterocycles. The molecule has 1 atom stereocenters. The maximum atomic E-state index is 12.5. The SMILES string of the molecule is C/C=C/CN1C=C(c2ccc(C(N)=O)c(Cl)c2)C2=CC=NC2C1=O. The first-order valence-corrected chi connectivity index (χ1v) is 7.87. The molecular weight excluding hydrogens is 326 g/mol. The summed E-state index contributed by atoms with van der Waals surface area (Å²) in [4.78, 5) is 29.7. The molecule has 0 saturated heterocycles. The van der Waals surface area contributed by atoms with Crippen molar-refractivity contribution in [3.05, 3.63) is 64.3 Å². The van der Waals surface area contributed by atoms with Crippen molar-refractivity contribution in [2.75, 3.05) is 6.54 Å². The Kier molecular flexibility index (Phi) is 4.36. The number of nitrogens with zero attached hydrogens (tertiary/aromatic N) is 2. The molecule has 2 amide bonds. The van der Waals surface area contributed by atoms with E-state index in [1.165, 1.54) is 0 Å². The summed E-state index contributed by atoms with van der Waals surface area (Å²) < 4.78 is 0. The number of primary amides is 1. The summed E-state index contributed by atoms with van der Waals surface area (Å²) in [5.74, 6) is -0.632. The second-order valence-corrected chi connectivity index (χ2v) is 5.89. The van der Waals surface area contributed by atoms with E-state index in [1.807, 2.05) is 25.2 Å². The van der Waals surface area contributed by atoms with E-state index in [2.05, 4.69) is 4.99 Å². The Morgan fingerprint density at radius 1 is 1.46 bits per heavy atom. The molecule has 0 aromatic heterocycles. The number of carbonyl (C=O) groups is 2. The third kappa shape index (κ3) is 2.78. The number of aliphatic imine (C=N–C) groups is 1. The molecule has 2 aliphatic rings. The highest BCUT2D eigenvalue weighted by Crippen LogP contribution is 2.35. The zero-order chi connectivity index (χ0) is 17.3. The predicted octanol–water partition coefficient (Wildman–Crippen LogP) is 2.58. The fourth-order valence-corrected chi connectivity index (χ4v) is 3.02. The summed E-state index contributed by atoms with van der Waals surface area (Å²) in [5.41, 5.74) is 8.07. The Morgan fingerprint density at radius 3 is 2.92 bits per heavy atom. The summed E-state index contributed by atoms with van der Waals surface area (Å²) in [6.45, 7) is 2.38. The molecule has 0 bridgehead atoms. The lowest BCUT2D eigenvalue weighted by Crippen LogP contribution is -2.39. The molecule has 0 saturated carbocycles. The zero-order valence-electron chi connectivity index (χ0n) is 13.1. The first-order valence-electron chi connectivity index (χ1n) is 7.50. The first-order chi connectivity index (χ1) is 11.5. The van der Waals surface area contributed by atoms with Gasteiger partial charge in [0.25, 0.3) is 5.91 Å². The van der Waals surface area contributed by atoms with Crippen molar-refractivity contribution in [1.29, 1.82) is 0 Å². The van der Waals surface area contributed by atoms with Crippen LogP contribution in [0.2, 0.25) is 5.02 Å². The number of carbonyl (C=O) groups excluding carboxylic acids is 2. The molecule has 0 fully saturated rings. The average molecular weight is 342 g/mol. The number of fused-ring (bicyclic) bond motifs is 1. The third-order valence-electron chi connectivity index (χ3n) is 3.98. The number of allylic oxidation sites excluding steroid dienone is 2. The largest absolute Gasteiger partial charge is 0.366 e. The highest BCUT2D eigenvalue weighted by atomic mass is 35.5. The van der Waals surface area contributed by atoms with E-state index in [1.54, 1.807) is 35.5 Å². The van der Waals surface area contributed by atoms with Gasteiger partial charge in [-0.05, 0) is 36.3 Å². The van der Waals surface area contributed by atoms with Crippen LogP contribution in [-0.4, -0.2) is 35.5 Å². The summed E-state index contributed by atoms with van der Waals surface area (Å²) in [7, 11) is 0. The first kappa shape index (κ1) is 16.2. The fourth-order valence-electron chi connectivity index (χ4n) is 2.75. The highest BCUT2D eigenvalue weighted by Gasteiger charge is 2.34. The highest BCUT2D eigenvalue weighted by molar-refractivity contribution is 6.34. The van der Waals surface area contributed by atoms with Crippen LogP contribution in [-0.2, 0) is 4.79 Å². The van der Waals surface area contributed by atoms with Crippen molar-refractivity contribution in [2.24, 2.45) is 10.7 Å². The Hall–Kier alpha value is -2.66.